The molecule has 3 unspecified atom stereocenters. The maximum absolute atomic E-state index is 13.2. The Balaban J connectivity index is 4.75. The predicted octanol–water partition coefficient (Wildman–Crippen LogP) is 15.1. The van der Waals surface area contributed by atoms with Gasteiger partial charge in [-0.25, -0.2) is 0 Å². The van der Waals surface area contributed by atoms with E-state index in [0.717, 1.165) is 89.9 Å². The Labute approximate surface area is 381 Å². The number of amides is 1. The lowest BCUT2D eigenvalue weighted by Gasteiger charge is -2.24. The molecule has 6 heteroatoms. The summed E-state index contributed by atoms with van der Waals surface area (Å²) in [5.74, 6) is -0.593. The summed E-state index contributed by atoms with van der Waals surface area (Å²) < 4.78 is 5.88. The molecule has 0 saturated heterocycles. The Morgan fingerprint density at radius 2 is 0.952 bits per heavy atom. The lowest BCUT2D eigenvalue weighted by Crippen LogP contribution is -2.46. The van der Waals surface area contributed by atoms with Crippen molar-refractivity contribution in [3.63, 3.8) is 0 Å². The van der Waals surface area contributed by atoms with Crippen molar-refractivity contribution < 1.29 is 24.5 Å². The first-order valence-corrected chi connectivity index (χ1v) is 25.2. The highest BCUT2D eigenvalue weighted by Crippen LogP contribution is 2.17. The summed E-state index contributed by atoms with van der Waals surface area (Å²) in [6.45, 7) is 6.19. The molecule has 0 radical (unpaired) electrons. The zero-order chi connectivity index (χ0) is 45.2. The normalized spacial score (nSPS) is 14.2. The third kappa shape index (κ3) is 43.2. The summed E-state index contributed by atoms with van der Waals surface area (Å²) in [4.78, 5) is 26.1. The first-order chi connectivity index (χ1) is 30.5. The Morgan fingerprint density at radius 3 is 1.50 bits per heavy atom. The molecule has 352 valence electrons. The van der Waals surface area contributed by atoms with E-state index >= 15 is 0 Å². The maximum atomic E-state index is 13.2. The minimum Gasteiger partial charge on any atom is -0.462 e. The van der Waals surface area contributed by atoms with E-state index in [0.29, 0.717) is 25.7 Å². The summed E-state index contributed by atoms with van der Waals surface area (Å²) in [6, 6.07) is -0.733. The molecule has 0 aliphatic carbocycles. The number of carbonyl (C=O) groups excluding carboxylic acids is 2. The Kier molecular flexibility index (Phi) is 45.8. The summed E-state index contributed by atoms with van der Waals surface area (Å²) in [5, 5.41) is 23.7. The fraction of sp³-hybridized carbons (Fsp3) is 0.643. The molecular weight excluding hydrogens is 767 g/mol. The van der Waals surface area contributed by atoms with Crippen LogP contribution >= 0.6 is 0 Å². The molecule has 1 amide bonds. The van der Waals surface area contributed by atoms with E-state index in [1.807, 2.05) is 30.4 Å². The van der Waals surface area contributed by atoms with E-state index in [4.69, 9.17) is 4.74 Å². The SMILES string of the molecule is CC/C=C\C/C=C\C/C=C\C/C=C\C/C=C\CCCC(=O)OC(CCCCC\C=C/C=C/C=C/C=C/CC)CC(=O)NC(CO)C(O)CCCCCCCCCCCCCCC. The van der Waals surface area contributed by atoms with E-state index < -0.39 is 18.2 Å². The Morgan fingerprint density at radius 1 is 0.500 bits per heavy atom. The second kappa shape index (κ2) is 48.6. The number of hydrogen-bond acceptors (Lipinski definition) is 5. The number of allylic oxidation sites excluding steroid dienone is 18. The highest BCUT2D eigenvalue weighted by molar-refractivity contribution is 5.77. The smallest absolute Gasteiger partial charge is 0.306 e. The first-order valence-electron chi connectivity index (χ1n) is 25.2. The van der Waals surface area contributed by atoms with Gasteiger partial charge in [0.15, 0.2) is 0 Å². The summed E-state index contributed by atoms with van der Waals surface area (Å²) in [6.07, 6.45) is 65.8. The van der Waals surface area contributed by atoms with Gasteiger partial charge in [0.05, 0.1) is 25.2 Å². The van der Waals surface area contributed by atoms with Crippen LogP contribution in [0.4, 0.5) is 0 Å². The number of rotatable bonds is 43. The average Bonchev–Trinajstić information content (AvgIpc) is 3.26. The molecule has 3 N–H and O–H groups in total. The van der Waals surface area contributed by atoms with E-state index in [2.05, 4.69) is 105 Å². The molecule has 0 spiro atoms. The third-order valence-corrected chi connectivity index (χ3v) is 10.7. The minimum atomic E-state index is -0.814. The van der Waals surface area contributed by atoms with Gasteiger partial charge in [0.1, 0.15) is 6.10 Å². The van der Waals surface area contributed by atoms with Crippen molar-refractivity contribution in [3.05, 3.63) is 109 Å². The van der Waals surface area contributed by atoms with Crippen LogP contribution in [0.1, 0.15) is 207 Å². The number of esters is 1. The van der Waals surface area contributed by atoms with Crippen LogP contribution in [0.2, 0.25) is 0 Å². The Bertz CT molecular complexity index is 1280. The molecule has 3 atom stereocenters. The second-order valence-electron chi connectivity index (χ2n) is 16.5. The van der Waals surface area contributed by atoms with E-state index in [1.165, 1.54) is 64.2 Å². The monoisotopic (exact) mass is 860 g/mol. The summed E-state index contributed by atoms with van der Waals surface area (Å²) >= 11 is 0. The minimum absolute atomic E-state index is 0.0220. The van der Waals surface area contributed by atoms with E-state index in [-0.39, 0.29) is 24.9 Å². The number of hydrogen-bond donors (Lipinski definition) is 3. The third-order valence-electron chi connectivity index (χ3n) is 10.7. The molecule has 0 heterocycles. The van der Waals surface area contributed by atoms with Gasteiger partial charge in [-0.05, 0) is 83.5 Å². The van der Waals surface area contributed by atoms with Gasteiger partial charge in [-0.3, -0.25) is 9.59 Å². The summed E-state index contributed by atoms with van der Waals surface area (Å²) in [7, 11) is 0. The predicted molar refractivity (Wildman–Crippen MR) is 268 cm³/mol. The van der Waals surface area contributed by atoms with Crippen LogP contribution < -0.4 is 5.32 Å². The maximum Gasteiger partial charge on any atom is 0.306 e. The molecular formula is C56H93NO5. The highest BCUT2D eigenvalue weighted by atomic mass is 16.5. The van der Waals surface area contributed by atoms with E-state index in [1.54, 1.807) is 0 Å². The molecule has 0 aliphatic rings. The van der Waals surface area contributed by atoms with Crippen LogP contribution in [0.15, 0.2) is 109 Å². The first kappa shape index (κ1) is 58.5. The van der Waals surface area contributed by atoms with Crippen molar-refractivity contribution >= 4 is 11.9 Å². The molecule has 0 aromatic heterocycles. The lowest BCUT2D eigenvalue weighted by atomic mass is 10.0. The number of ether oxygens (including phenoxy) is 1. The number of carbonyl (C=O) groups is 2. The fourth-order valence-electron chi connectivity index (χ4n) is 6.95. The molecule has 0 bridgehead atoms. The van der Waals surface area contributed by atoms with Gasteiger partial charge in [0, 0.05) is 6.42 Å². The molecule has 0 aromatic carbocycles. The van der Waals surface area contributed by atoms with Gasteiger partial charge in [0.2, 0.25) is 5.91 Å². The molecule has 0 aromatic rings. The quantitative estimate of drug-likeness (QED) is 0.0246. The Hall–Kier alpha value is -3.48. The van der Waals surface area contributed by atoms with Crippen LogP contribution in [0.5, 0.6) is 0 Å². The lowest BCUT2D eigenvalue weighted by molar-refractivity contribution is -0.151. The van der Waals surface area contributed by atoms with Crippen LogP contribution in [-0.2, 0) is 14.3 Å². The van der Waals surface area contributed by atoms with Crippen molar-refractivity contribution in [1.82, 2.24) is 5.32 Å². The van der Waals surface area contributed by atoms with Crippen LogP contribution in [-0.4, -0.2) is 46.9 Å². The van der Waals surface area contributed by atoms with E-state index in [9.17, 15) is 19.8 Å². The standard InChI is InChI=1S/C56H93NO5/c1-4-7-10-13-16-19-22-25-26-27-28-31-34-37-40-43-46-49-56(61)62-52(47-44-41-38-35-32-29-23-20-17-14-11-8-5-2)50-55(60)57-53(51-58)54(59)48-45-42-39-36-33-30-24-21-18-15-12-9-6-3/h7-8,10-11,14,16-17,19-20,23,25-26,28-29,31-32,37,40,52-54,58-59H,4-6,9,12-13,15,18,21-22,24,27,30,33-36,38-39,41-51H2,1-3H3,(H,57,60)/b10-7-,11-8+,17-14+,19-16-,23-20+,26-25-,31-28-,32-29-,40-37-. The molecule has 6 nitrogen and oxygen atoms in total. The molecule has 0 rings (SSSR count). The zero-order valence-electron chi connectivity index (χ0n) is 40.0. The number of unbranched alkanes of at least 4 members (excludes halogenated alkanes) is 16. The van der Waals surface area contributed by atoms with Gasteiger partial charge < -0.3 is 20.3 Å². The average molecular weight is 860 g/mol. The fourth-order valence-corrected chi connectivity index (χ4v) is 6.95. The molecule has 0 saturated carbocycles. The largest absolute Gasteiger partial charge is 0.462 e. The van der Waals surface area contributed by atoms with Crippen molar-refractivity contribution in [3.8, 4) is 0 Å². The number of aliphatic hydroxyl groups excluding tert-OH is 2. The van der Waals surface area contributed by atoms with Crippen LogP contribution in [0, 0.1) is 0 Å². The van der Waals surface area contributed by atoms with Crippen molar-refractivity contribution in [2.24, 2.45) is 0 Å². The van der Waals surface area contributed by atoms with Gasteiger partial charge in [-0.2, -0.15) is 0 Å². The zero-order valence-corrected chi connectivity index (χ0v) is 40.0. The van der Waals surface area contributed by atoms with Crippen LogP contribution in [0.25, 0.3) is 0 Å². The van der Waals surface area contributed by atoms with Crippen LogP contribution in [0.3, 0.4) is 0 Å². The molecule has 62 heavy (non-hydrogen) atoms. The second-order valence-corrected chi connectivity index (χ2v) is 16.5. The molecule has 0 aliphatic heterocycles. The van der Waals surface area contributed by atoms with Gasteiger partial charge in [-0.15, -0.1) is 0 Å². The van der Waals surface area contributed by atoms with Crippen molar-refractivity contribution in [1.29, 1.82) is 0 Å². The van der Waals surface area contributed by atoms with Gasteiger partial charge in [-0.1, -0.05) is 220 Å². The van der Waals surface area contributed by atoms with Gasteiger partial charge in [0.25, 0.3) is 0 Å². The van der Waals surface area contributed by atoms with Gasteiger partial charge >= 0.3 is 5.97 Å². The summed E-state index contributed by atoms with van der Waals surface area (Å²) in [5.41, 5.74) is 0. The molecule has 0 fully saturated rings. The number of aliphatic hydroxyl groups is 2. The van der Waals surface area contributed by atoms with Crippen molar-refractivity contribution in [2.45, 2.75) is 225 Å². The van der Waals surface area contributed by atoms with Crippen molar-refractivity contribution in [2.75, 3.05) is 6.61 Å². The number of nitrogens with one attached hydrogen (secondary N) is 1. The topological polar surface area (TPSA) is 95.9 Å². The highest BCUT2D eigenvalue weighted by Gasteiger charge is 2.24.